The molecule has 1 N–H and O–H groups in total. The van der Waals surface area contributed by atoms with E-state index < -0.39 is 0 Å². The SMILES string of the molecule is CCCCCC(NC)c1cccc(OCc2ccccc2)c1. The summed E-state index contributed by atoms with van der Waals surface area (Å²) >= 11 is 0. The Labute approximate surface area is 134 Å². The van der Waals surface area contributed by atoms with Crippen molar-refractivity contribution in [2.24, 2.45) is 0 Å². The zero-order valence-electron chi connectivity index (χ0n) is 13.7. The van der Waals surface area contributed by atoms with E-state index in [0.29, 0.717) is 12.6 Å². The summed E-state index contributed by atoms with van der Waals surface area (Å²) in [7, 11) is 2.04. The normalized spacial score (nSPS) is 12.1. The van der Waals surface area contributed by atoms with Crippen molar-refractivity contribution in [2.75, 3.05) is 7.05 Å². The second-order valence-corrected chi connectivity index (χ2v) is 5.68. The number of hydrogen-bond donors (Lipinski definition) is 1. The third kappa shape index (κ3) is 5.19. The molecule has 0 aliphatic heterocycles. The van der Waals surface area contributed by atoms with E-state index in [2.05, 4.69) is 42.6 Å². The van der Waals surface area contributed by atoms with Crippen LogP contribution in [0, 0.1) is 0 Å². The molecule has 22 heavy (non-hydrogen) atoms. The molecule has 0 aliphatic rings. The van der Waals surface area contributed by atoms with Gasteiger partial charge in [-0.15, -0.1) is 0 Å². The van der Waals surface area contributed by atoms with E-state index in [1.807, 2.05) is 31.3 Å². The lowest BCUT2D eigenvalue weighted by molar-refractivity contribution is 0.305. The predicted molar refractivity (Wildman–Crippen MR) is 93.2 cm³/mol. The van der Waals surface area contributed by atoms with Crippen LogP contribution in [0.25, 0.3) is 0 Å². The first-order valence-electron chi connectivity index (χ1n) is 8.27. The topological polar surface area (TPSA) is 21.3 Å². The van der Waals surface area contributed by atoms with Gasteiger partial charge in [-0.25, -0.2) is 0 Å². The second-order valence-electron chi connectivity index (χ2n) is 5.68. The van der Waals surface area contributed by atoms with Gasteiger partial charge in [-0.05, 0) is 36.7 Å². The summed E-state index contributed by atoms with van der Waals surface area (Å²) in [5.41, 5.74) is 2.50. The zero-order valence-corrected chi connectivity index (χ0v) is 13.7. The van der Waals surface area contributed by atoms with Crippen LogP contribution in [0.5, 0.6) is 5.75 Å². The van der Waals surface area contributed by atoms with Gasteiger partial charge in [0.25, 0.3) is 0 Å². The molecule has 1 atom stereocenters. The molecule has 2 rings (SSSR count). The Hall–Kier alpha value is -1.80. The second kappa shape index (κ2) is 9.26. The average Bonchev–Trinajstić information content (AvgIpc) is 2.58. The van der Waals surface area contributed by atoms with E-state index in [1.165, 1.54) is 36.8 Å². The fourth-order valence-electron chi connectivity index (χ4n) is 2.64. The van der Waals surface area contributed by atoms with E-state index in [4.69, 9.17) is 4.74 Å². The highest BCUT2D eigenvalue weighted by atomic mass is 16.5. The summed E-state index contributed by atoms with van der Waals surface area (Å²) < 4.78 is 5.93. The maximum Gasteiger partial charge on any atom is 0.120 e. The smallest absolute Gasteiger partial charge is 0.120 e. The summed E-state index contributed by atoms with van der Waals surface area (Å²) in [5.74, 6) is 0.942. The van der Waals surface area contributed by atoms with Crippen molar-refractivity contribution < 1.29 is 4.74 Å². The molecule has 118 valence electrons. The van der Waals surface area contributed by atoms with Crippen LogP contribution < -0.4 is 10.1 Å². The first-order chi connectivity index (χ1) is 10.8. The van der Waals surface area contributed by atoms with Crippen molar-refractivity contribution in [3.8, 4) is 5.75 Å². The third-order valence-corrected chi connectivity index (χ3v) is 3.95. The minimum Gasteiger partial charge on any atom is -0.489 e. The molecule has 0 spiro atoms. The summed E-state index contributed by atoms with van der Waals surface area (Å²) in [6.45, 7) is 2.86. The highest BCUT2D eigenvalue weighted by Crippen LogP contribution is 2.24. The van der Waals surface area contributed by atoms with Gasteiger partial charge in [-0.1, -0.05) is 68.7 Å². The quantitative estimate of drug-likeness (QED) is 0.650. The molecule has 0 fully saturated rings. The standard InChI is InChI=1S/C20H27NO/c1-3-4-6-14-20(21-2)18-12-9-13-19(15-18)22-16-17-10-7-5-8-11-17/h5,7-13,15,20-21H,3-4,6,14,16H2,1-2H3. The van der Waals surface area contributed by atoms with Gasteiger partial charge in [0.1, 0.15) is 12.4 Å². The average molecular weight is 297 g/mol. The van der Waals surface area contributed by atoms with Gasteiger partial charge in [0.05, 0.1) is 0 Å². The molecule has 2 aromatic rings. The summed E-state index contributed by atoms with van der Waals surface area (Å²) in [6, 6.07) is 19.2. The number of rotatable bonds is 9. The Morgan fingerprint density at radius 1 is 1.00 bits per heavy atom. The largest absolute Gasteiger partial charge is 0.489 e. The Morgan fingerprint density at radius 3 is 2.55 bits per heavy atom. The molecule has 0 aromatic heterocycles. The molecule has 0 bridgehead atoms. The predicted octanol–water partition coefficient (Wildman–Crippen LogP) is 5.11. The molecular formula is C20H27NO. The van der Waals surface area contributed by atoms with Crippen molar-refractivity contribution in [3.63, 3.8) is 0 Å². The Balaban J connectivity index is 1.96. The monoisotopic (exact) mass is 297 g/mol. The summed E-state index contributed by atoms with van der Waals surface area (Å²) in [5, 5.41) is 3.42. The lowest BCUT2D eigenvalue weighted by Gasteiger charge is -2.17. The lowest BCUT2D eigenvalue weighted by Crippen LogP contribution is -2.16. The fourth-order valence-corrected chi connectivity index (χ4v) is 2.64. The molecule has 0 saturated carbocycles. The molecule has 2 heteroatoms. The fraction of sp³-hybridized carbons (Fsp3) is 0.400. The minimum absolute atomic E-state index is 0.409. The molecule has 0 radical (unpaired) electrons. The molecule has 2 nitrogen and oxygen atoms in total. The van der Waals surface area contributed by atoms with E-state index in [0.717, 1.165) is 5.75 Å². The Bertz CT molecular complexity index is 538. The van der Waals surface area contributed by atoms with Crippen LogP contribution in [-0.4, -0.2) is 7.05 Å². The molecule has 0 aliphatic carbocycles. The van der Waals surface area contributed by atoms with Gasteiger partial charge in [0.15, 0.2) is 0 Å². The van der Waals surface area contributed by atoms with Gasteiger partial charge in [-0.2, -0.15) is 0 Å². The summed E-state index contributed by atoms with van der Waals surface area (Å²) in [6.07, 6.45) is 4.99. The van der Waals surface area contributed by atoms with Gasteiger partial charge in [0, 0.05) is 6.04 Å². The molecule has 2 aromatic carbocycles. The zero-order chi connectivity index (χ0) is 15.6. The van der Waals surface area contributed by atoms with Crippen molar-refractivity contribution in [1.29, 1.82) is 0 Å². The maximum absolute atomic E-state index is 5.93. The Morgan fingerprint density at radius 2 is 1.82 bits per heavy atom. The van der Waals surface area contributed by atoms with E-state index in [9.17, 15) is 0 Å². The van der Waals surface area contributed by atoms with Gasteiger partial charge in [0.2, 0.25) is 0 Å². The van der Waals surface area contributed by atoms with Crippen molar-refractivity contribution in [1.82, 2.24) is 5.32 Å². The number of ether oxygens (including phenoxy) is 1. The van der Waals surface area contributed by atoms with Crippen LogP contribution in [0.3, 0.4) is 0 Å². The van der Waals surface area contributed by atoms with Crippen molar-refractivity contribution in [2.45, 2.75) is 45.3 Å². The molecule has 1 unspecified atom stereocenters. The van der Waals surface area contributed by atoms with Crippen molar-refractivity contribution in [3.05, 3.63) is 65.7 Å². The van der Waals surface area contributed by atoms with Crippen molar-refractivity contribution >= 4 is 0 Å². The van der Waals surface area contributed by atoms with Crippen LogP contribution in [0.2, 0.25) is 0 Å². The molecule has 0 saturated heterocycles. The number of benzene rings is 2. The van der Waals surface area contributed by atoms with Crippen LogP contribution in [0.4, 0.5) is 0 Å². The van der Waals surface area contributed by atoms with E-state index in [1.54, 1.807) is 0 Å². The maximum atomic E-state index is 5.93. The highest BCUT2D eigenvalue weighted by Gasteiger charge is 2.09. The molecular weight excluding hydrogens is 270 g/mol. The number of hydrogen-bond acceptors (Lipinski definition) is 2. The van der Waals surface area contributed by atoms with E-state index >= 15 is 0 Å². The first-order valence-corrected chi connectivity index (χ1v) is 8.27. The van der Waals surface area contributed by atoms with Gasteiger partial charge < -0.3 is 10.1 Å². The van der Waals surface area contributed by atoms with Crippen LogP contribution >= 0.6 is 0 Å². The van der Waals surface area contributed by atoms with Crippen LogP contribution in [0.1, 0.15) is 49.8 Å². The molecule has 0 amide bonds. The van der Waals surface area contributed by atoms with E-state index in [-0.39, 0.29) is 0 Å². The highest BCUT2D eigenvalue weighted by molar-refractivity contribution is 5.31. The Kier molecular flexibility index (Phi) is 6.98. The molecule has 0 heterocycles. The summed E-state index contributed by atoms with van der Waals surface area (Å²) in [4.78, 5) is 0. The van der Waals surface area contributed by atoms with Gasteiger partial charge >= 0.3 is 0 Å². The number of unbranched alkanes of at least 4 members (excludes halogenated alkanes) is 2. The number of nitrogens with one attached hydrogen (secondary N) is 1. The van der Waals surface area contributed by atoms with Gasteiger partial charge in [-0.3, -0.25) is 0 Å². The minimum atomic E-state index is 0.409. The third-order valence-electron chi connectivity index (χ3n) is 3.95. The van der Waals surface area contributed by atoms with Crippen LogP contribution in [-0.2, 0) is 6.61 Å². The first kappa shape index (κ1) is 16.6. The van der Waals surface area contributed by atoms with Crippen LogP contribution in [0.15, 0.2) is 54.6 Å². The lowest BCUT2D eigenvalue weighted by atomic mass is 10.0.